The molecule has 0 spiro atoms. The van der Waals surface area contributed by atoms with E-state index in [1.807, 2.05) is 54.6 Å². The predicted molar refractivity (Wildman–Crippen MR) is 101 cm³/mol. The molecule has 1 atom stereocenters. The lowest BCUT2D eigenvalue weighted by atomic mass is 10.1. The lowest BCUT2D eigenvalue weighted by Gasteiger charge is -2.20. The number of carbonyl (C=O) groups excluding carboxylic acids is 1. The minimum Gasteiger partial charge on any atom is -0.489 e. The first-order chi connectivity index (χ1) is 13.1. The zero-order chi connectivity index (χ0) is 19.1. The van der Waals surface area contributed by atoms with Gasteiger partial charge in [0.05, 0.1) is 6.54 Å². The van der Waals surface area contributed by atoms with E-state index in [0.717, 1.165) is 23.3 Å². The lowest BCUT2D eigenvalue weighted by molar-refractivity contribution is -0.142. The summed E-state index contributed by atoms with van der Waals surface area (Å²) in [4.78, 5) is 25.0. The van der Waals surface area contributed by atoms with Gasteiger partial charge in [-0.15, -0.1) is 0 Å². The quantitative estimate of drug-likeness (QED) is 0.748. The van der Waals surface area contributed by atoms with Gasteiger partial charge in [0, 0.05) is 6.54 Å². The first kappa shape index (κ1) is 18.9. The van der Waals surface area contributed by atoms with Crippen LogP contribution in [-0.2, 0) is 22.7 Å². The first-order valence-corrected chi connectivity index (χ1v) is 9.11. The van der Waals surface area contributed by atoms with Crippen molar-refractivity contribution >= 4 is 11.9 Å². The fourth-order valence-corrected chi connectivity index (χ4v) is 3.17. The van der Waals surface area contributed by atoms with Gasteiger partial charge in [0.15, 0.2) is 0 Å². The molecule has 2 aromatic carbocycles. The van der Waals surface area contributed by atoms with Crippen molar-refractivity contribution in [1.82, 2.24) is 10.2 Å². The van der Waals surface area contributed by atoms with E-state index in [-0.39, 0.29) is 12.5 Å². The Bertz CT molecular complexity index is 762. The van der Waals surface area contributed by atoms with E-state index in [4.69, 9.17) is 9.84 Å². The average Bonchev–Trinajstić information content (AvgIpc) is 3.15. The Labute approximate surface area is 158 Å². The third kappa shape index (κ3) is 5.56. The molecule has 142 valence electrons. The van der Waals surface area contributed by atoms with Gasteiger partial charge in [-0.2, -0.15) is 0 Å². The van der Waals surface area contributed by atoms with Crippen LogP contribution in [0.2, 0.25) is 0 Å². The van der Waals surface area contributed by atoms with Gasteiger partial charge >= 0.3 is 5.97 Å². The van der Waals surface area contributed by atoms with E-state index in [9.17, 15) is 9.59 Å². The molecule has 0 aliphatic carbocycles. The number of nitrogens with one attached hydrogen (secondary N) is 1. The SMILES string of the molecule is O=C(CN1CCCC1C(=O)O)NCc1ccc(COc2ccccc2)cc1. The number of hydrogen-bond acceptors (Lipinski definition) is 4. The van der Waals surface area contributed by atoms with Crippen molar-refractivity contribution in [3.05, 3.63) is 65.7 Å². The summed E-state index contributed by atoms with van der Waals surface area (Å²) in [6.45, 7) is 1.69. The van der Waals surface area contributed by atoms with Crippen LogP contribution >= 0.6 is 0 Å². The number of carbonyl (C=O) groups is 2. The van der Waals surface area contributed by atoms with Gasteiger partial charge in [0.25, 0.3) is 0 Å². The molecule has 1 amide bonds. The lowest BCUT2D eigenvalue weighted by Crippen LogP contribution is -2.42. The highest BCUT2D eigenvalue weighted by Crippen LogP contribution is 2.16. The van der Waals surface area contributed by atoms with Crippen LogP contribution in [0.25, 0.3) is 0 Å². The Balaban J connectivity index is 1.43. The third-order valence-corrected chi connectivity index (χ3v) is 4.66. The zero-order valence-corrected chi connectivity index (χ0v) is 15.1. The Hall–Kier alpha value is -2.86. The largest absolute Gasteiger partial charge is 0.489 e. The topological polar surface area (TPSA) is 78.9 Å². The van der Waals surface area contributed by atoms with Crippen LogP contribution in [0.15, 0.2) is 54.6 Å². The number of hydrogen-bond donors (Lipinski definition) is 2. The number of carboxylic acids is 1. The number of para-hydroxylation sites is 1. The van der Waals surface area contributed by atoms with E-state index >= 15 is 0 Å². The number of likely N-dealkylation sites (tertiary alicyclic amines) is 1. The van der Waals surface area contributed by atoms with E-state index < -0.39 is 12.0 Å². The molecule has 2 aromatic rings. The molecule has 0 saturated carbocycles. The second-order valence-electron chi connectivity index (χ2n) is 6.66. The van der Waals surface area contributed by atoms with E-state index in [2.05, 4.69) is 5.32 Å². The summed E-state index contributed by atoms with van der Waals surface area (Å²) >= 11 is 0. The summed E-state index contributed by atoms with van der Waals surface area (Å²) < 4.78 is 5.71. The van der Waals surface area contributed by atoms with Gasteiger partial charge in [-0.25, -0.2) is 0 Å². The molecular weight excluding hydrogens is 344 g/mol. The van der Waals surface area contributed by atoms with Gasteiger partial charge < -0.3 is 15.2 Å². The van der Waals surface area contributed by atoms with Crippen molar-refractivity contribution in [2.45, 2.75) is 32.0 Å². The minimum absolute atomic E-state index is 0.125. The number of ether oxygens (including phenoxy) is 1. The predicted octanol–water partition coefficient (Wildman–Crippen LogP) is 2.43. The maximum atomic E-state index is 12.1. The maximum Gasteiger partial charge on any atom is 0.320 e. The summed E-state index contributed by atoms with van der Waals surface area (Å²) in [6.07, 6.45) is 1.42. The highest BCUT2D eigenvalue weighted by atomic mass is 16.5. The summed E-state index contributed by atoms with van der Waals surface area (Å²) in [7, 11) is 0. The van der Waals surface area contributed by atoms with E-state index in [1.165, 1.54) is 0 Å². The highest BCUT2D eigenvalue weighted by molar-refractivity contribution is 5.80. The second-order valence-corrected chi connectivity index (χ2v) is 6.66. The fourth-order valence-electron chi connectivity index (χ4n) is 3.17. The normalized spacial score (nSPS) is 16.8. The Morgan fingerprint density at radius 2 is 1.78 bits per heavy atom. The number of benzene rings is 2. The van der Waals surface area contributed by atoms with Crippen LogP contribution in [0.5, 0.6) is 5.75 Å². The second kappa shape index (κ2) is 9.19. The molecule has 1 fully saturated rings. The van der Waals surface area contributed by atoms with E-state index in [0.29, 0.717) is 26.1 Å². The molecule has 1 aliphatic rings. The summed E-state index contributed by atoms with van der Waals surface area (Å²) in [6, 6.07) is 17.0. The van der Waals surface area contributed by atoms with Crippen molar-refractivity contribution in [3.63, 3.8) is 0 Å². The van der Waals surface area contributed by atoms with Crippen LogP contribution in [0, 0.1) is 0 Å². The molecule has 6 nitrogen and oxygen atoms in total. The Morgan fingerprint density at radius 3 is 2.48 bits per heavy atom. The molecule has 0 aromatic heterocycles. The molecule has 3 rings (SSSR count). The maximum absolute atomic E-state index is 12.1. The summed E-state index contributed by atoms with van der Waals surface area (Å²) in [5, 5.41) is 12.0. The summed E-state index contributed by atoms with van der Waals surface area (Å²) in [5.41, 5.74) is 2.04. The van der Waals surface area contributed by atoms with Crippen LogP contribution in [0.4, 0.5) is 0 Å². The molecule has 27 heavy (non-hydrogen) atoms. The van der Waals surface area contributed by atoms with Gasteiger partial charge in [-0.05, 0) is 42.6 Å². The van der Waals surface area contributed by atoms with Crippen molar-refractivity contribution in [1.29, 1.82) is 0 Å². The number of nitrogens with zero attached hydrogens (tertiary/aromatic N) is 1. The van der Waals surface area contributed by atoms with Crippen LogP contribution in [0.1, 0.15) is 24.0 Å². The first-order valence-electron chi connectivity index (χ1n) is 9.11. The number of rotatable bonds is 8. The molecule has 1 heterocycles. The van der Waals surface area contributed by atoms with Gasteiger partial charge in [-0.1, -0.05) is 42.5 Å². The Kier molecular flexibility index (Phi) is 6.44. The fraction of sp³-hybridized carbons (Fsp3) is 0.333. The minimum atomic E-state index is -0.853. The molecule has 0 radical (unpaired) electrons. The molecular formula is C21H24N2O4. The number of carboxylic acid groups (broad SMARTS) is 1. The monoisotopic (exact) mass is 368 g/mol. The zero-order valence-electron chi connectivity index (χ0n) is 15.1. The summed E-state index contributed by atoms with van der Waals surface area (Å²) in [5.74, 6) is -0.177. The number of aliphatic carboxylic acids is 1. The molecule has 6 heteroatoms. The Morgan fingerprint density at radius 1 is 1.07 bits per heavy atom. The molecule has 1 aliphatic heterocycles. The van der Waals surface area contributed by atoms with Crippen LogP contribution in [-0.4, -0.2) is 41.0 Å². The van der Waals surface area contributed by atoms with Gasteiger partial charge in [0.1, 0.15) is 18.4 Å². The molecule has 1 unspecified atom stereocenters. The van der Waals surface area contributed by atoms with Crippen LogP contribution < -0.4 is 10.1 Å². The van der Waals surface area contributed by atoms with Crippen molar-refractivity contribution in [2.75, 3.05) is 13.1 Å². The number of amides is 1. The standard InChI is InChI=1S/C21H24N2O4/c24-20(14-23-12-4-7-19(23)21(25)26)22-13-16-8-10-17(11-9-16)15-27-18-5-2-1-3-6-18/h1-3,5-6,8-11,19H,4,7,12-15H2,(H,22,24)(H,25,26). The van der Waals surface area contributed by atoms with Crippen molar-refractivity contribution in [2.24, 2.45) is 0 Å². The highest BCUT2D eigenvalue weighted by Gasteiger charge is 2.31. The van der Waals surface area contributed by atoms with Crippen LogP contribution in [0.3, 0.4) is 0 Å². The van der Waals surface area contributed by atoms with Crippen molar-refractivity contribution < 1.29 is 19.4 Å². The van der Waals surface area contributed by atoms with Crippen molar-refractivity contribution in [3.8, 4) is 5.75 Å². The van der Waals surface area contributed by atoms with E-state index in [1.54, 1.807) is 4.90 Å². The molecule has 2 N–H and O–H groups in total. The third-order valence-electron chi connectivity index (χ3n) is 4.66. The van der Waals surface area contributed by atoms with Gasteiger partial charge in [-0.3, -0.25) is 14.5 Å². The molecule has 1 saturated heterocycles. The van der Waals surface area contributed by atoms with Gasteiger partial charge in [0.2, 0.25) is 5.91 Å². The average molecular weight is 368 g/mol. The molecule has 0 bridgehead atoms. The smallest absolute Gasteiger partial charge is 0.320 e.